The lowest BCUT2D eigenvalue weighted by Crippen LogP contribution is -2.32. The minimum atomic E-state index is 0.467. The molecule has 0 radical (unpaired) electrons. The number of rotatable bonds is 2. The average molecular weight is 193 g/mol. The first-order chi connectivity index (χ1) is 6.82. The van der Waals surface area contributed by atoms with Crippen LogP contribution < -0.4 is 5.32 Å². The second-order valence-electron chi connectivity index (χ2n) is 5.40. The first-order valence-electron chi connectivity index (χ1n) is 6.06. The molecule has 2 heteroatoms. The van der Waals surface area contributed by atoms with Crippen molar-refractivity contribution in [2.24, 2.45) is 17.3 Å². The minimum absolute atomic E-state index is 0.467. The van der Waals surface area contributed by atoms with Crippen molar-refractivity contribution in [3.8, 4) is 0 Å². The van der Waals surface area contributed by atoms with Gasteiger partial charge in [-0.1, -0.05) is 6.42 Å². The second-order valence-corrected chi connectivity index (χ2v) is 5.40. The van der Waals surface area contributed by atoms with E-state index in [0.717, 1.165) is 13.1 Å². The average Bonchev–Trinajstić information content (AvgIpc) is 2.78. The molecule has 0 aromatic carbocycles. The fraction of sp³-hybridized carbons (Fsp3) is 0.917. The topological polar surface area (TPSA) is 29.1 Å². The van der Waals surface area contributed by atoms with E-state index in [2.05, 4.69) is 5.32 Å². The largest absolute Gasteiger partial charge is 0.317 e. The van der Waals surface area contributed by atoms with Gasteiger partial charge in [0.2, 0.25) is 0 Å². The molecule has 0 amide bonds. The van der Waals surface area contributed by atoms with Gasteiger partial charge in [-0.2, -0.15) is 0 Å². The van der Waals surface area contributed by atoms with E-state index in [1.54, 1.807) is 0 Å². The molecule has 78 valence electrons. The van der Waals surface area contributed by atoms with E-state index < -0.39 is 0 Å². The Morgan fingerprint density at radius 2 is 1.93 bits per heavy atom. The number of carbonyl (C=O) groups excluding carboxylic acids is 1. The quantitative estimate of drug-likeness (QED) is 0.724. The molecular formula is C12H19NO. The lowest BCUT2D eigenvalue weighted by Gasteiger charge is -2.27. The summed E-state index contributed by atoms with van der Waals surface area (Å²) in [5.74, 6) is 1.56. The maximum Gasteiger partial charge on any atom is 0.139 e. The van der Waals surface area contributed by atoms with Crippen molar-refractivity contribution in [3.05, 3.63) is 0 Å². The van der Waals surface area contributed by atoms with Crippen LogP contribution in [0.1, 0.15) is 38.5 Å². The van der Waals surface area contributed by atoms with Crippen molar-refractivity contribution in [1.82, 2.24) is 5.32 Å². The van der Waals surface area contributed by atoms with Gasteiger partial charge in [0.05, 0.1) is 0 Å². The summed E-state index contributed by atoms with van der Waals surface area (Å²) in [6.45, 7) is 2.27. The highest BCUT2D eigenvalue weighted by atomic mass is 16.1. The maximum absolute atomic E-state index is 12.0. The van der Waals surface area contributed by atoms with Gasteiger partial charge in [0.25, 0.3) is 0 Å². The SMILES string of the molecule is O=C(C1CCC1)C1CC12CCNCC2. The first-order valence-corrected chi connectivity index (χ1v) is 6.06. The van der Waals surface area contributed by atoms with Crippen molar-refractivity contribution in [2.75, 3.05) is 13.1 Å². The van der Waals surface area contributed by atoms with E-state index in [0.29, 0.717) is 23.0 Å². The van der Waals surface area contributed by atoms with Gasteiger partial charge in [-0.05, 0) is 50.6 Å². The van der Waals surface area contributed by atoms with Crippen LogP contribution in [0.4, 0.5) is 0 Å². The van der Waals surface area contributed by atoms with E-state index >= 15 is 0 Å². The van der Waals surface area contributed by atoms with Gasteiger partial charge in [-0.3, -0.25) is 4.79 Å². The molecule has 14 heavy (non-hydrogen) atoms. The first kappa shape index (κ1) is 8.90. The van der Waals surface area contributed by atoms with Gasteiger partial charge >= 0.3 is 0 Å². The van der Waals surface area contributed by atoms with Crippen LogP contribution in [0.25, 0.3) is 0 Å². The molecule has 1 N–H and O–H groups in total. The number of ketones is 1. The van der Waals surface area contributed by atoms with Gasteiger partial charge in [0.1, 0.15) is 5.78 Å². The molecule has 0 aromatic heterocycles. The molecule has 1 saturated heterocycles. The van der Waals surface area contributed by atoms with Crippen LogP contribution in [0.15, 0.2) is 0 Å². The zero-order valence-corrected chi connectivity index (χ0v) is 8.72. The van der Waals surface area contributed by atoms with Gasteiger partial charge < -0.3 is 5.32 Å². The molecule has 1 aliphatic heterocycles. The van der Waals surface area contributed by atoms with Crippen LogP contribution >= 0.6 is 0 Å². The maximum atomic E-state index is 12.0. The third kappa shape index (κ3) is 1.23. The third-order valence-corrected chi connectivity index (χ3v) is 4.64. The van der Waals surface area contributed by atoms with Crippen LogP contribution in [0.5, 0.6) is 0 Å². The van der Waals surface area contributed by atoms with E-state index in [1.807, 2.05) is 0 Å². The van der Waals surface area contributed by atoms with E-state index in [1.165, 1.54) is 38.5 Å². The summed E-state index contributed by atoms with van der Waals surface area (Å²) in [7, 11) is 0. The number of hydrogen-bond donors (Lipinski definition) is 1. The highest BCUT2D eigenvalue weighted by Crippen LogP contribution is 2.60. The van der Waals surface area contributed by atoms with E-state index in [4.69, 9.17) is 0 Å². The molecule has 3 aliphatic rings. The molecule has 1 unspecified atom stereocenters. The van der Waals surface area contributed by atoms with Crippen LogP contribution in [0, 0.1) is 17.3 Å². The fourth-order valence-electron chi connectivity index (χ4n) is 3.20. The van der Waals surface area contributed by atoms with Crippen LogP contribution in [0.2, 0.25) is 0 Å². The molecule has 3 fully saturated rings. The van der Waals surface area contributed by atoms with Crippen molar-refractivity contribution in [3.63, 3.8) is 0 Å². The zero-order chi connectivity index (χ0) is 9.60. The van der Waals surface area contributed by atoms with Gasteiger partial charge in [0, 0.05) is 11.8 Å². The Morgan fingerprint density at radius 3 is 2.50 bits per heavy atom. The molecule has 2 saturated carbocycles. The van der Waals surface area contributed by atoms with Gasteiger partial charge in [-0.25, -0.2) is 0 Å². The predicted molar refractivity (Wildman–Crippen MR) is 55.0 cm³/mol. The summed E-state index contributed by atoms with van der Waals surface area (Å²) in [5.41, 5.74) is 0.470. The minimum Gasteiger partial charge on any atom is -0.317 e. The van der Waals surface area contributed by atoms with E-state index in [-0.39, 0.29) is 0 Å². The normalized spacial score (nSPS) is 35.3. The number of Topliss-reactive ketones (excluding diaryl/α,β-unsaturated/α-hetero) is 1. The molecule has 2 aliphatic carbocycles. The van der Waals surface area contributed by atoms with Gasteiger partial charge in [0.15, 0.2) is 0 Å². The molecule has 0 bridgehead atoms. The second kappa shape index (κ2) is 3.06. The Labute approximate surface area is 85.4 Å². The summed E-state index contributed by atoms with van der Waals surface area (Å²) in [5, 5.41) is 3.39. The highest BCUT2D eigenvalue weighted by molar-refractivity contribution is 5.87. The molecule has 3 rings (SSSR count). The van der Waals surface area contributed by atoms with Crippen molar-refractivity contribution in [2.45, 2.75) is 38.5 Å². The Hall–Kier alpha value is -0.370. The van der Waals surface area contributed by atoms with Crippen molar-refractivity contribution in [1.29, 1.82) is 0 Å². The molecular weight excluding hydrogens is 174 g/mol. The van der Waals surface area contributed by atoms with E-state index in [9.17, 15) is 4.79 Å². The summed E-state index contributed by atoms with van der Waals surface area (Å²) >= 11 is 0. The smallest absolute Gasteiger partial charge is 0.139 e. The molecule has 1 heterocycles. The molecule has 1 spiro atoms. The molecule has 0 aromatic rings. The van der Waals surface area contributed by atoms with Crippen LogP contribution in [-0.2, 0) is 4.79 Å². The lowest BCUT2D eigenvalue weighted by atomic mass is 9.78. The summed E-state index contributed by atoms with van der Waals surface area (Å²) < 4.78 is 0. The summed E-state index contributed by atoms with van der Waals surface area (Å²) in [6.07, 6.45) is 7.36. The number of carbonyl (C=O) groups is 1. The van der Waals surface area contributed by atoms with Crippen LogP contribution in [-0.4, -0.2) is 18.9 Å². The standard InChI is InChI=1S/C12H19NO/c14-11(9-2-1-3-9)10-8-12(10)4-6-13-7-5-12/h9-10,13H,1-8H2. The Bertz CT molecular complexity index is 251. The highest BCUT2D eigenvalue weighted by Gasteiger charge is 2.58. The molecule has 2 nitrogen and oxygen atoms in total. The monoisotopic (exact) mass is 193 g/mol. The molecule has 1 atom stereocenters. The summed E-state index contributed by atoms with van der Waals surface area (Å²) in [4.78, 5) is 12.0. The number of hydrogen-bond acceptors (Lipinski definition) is 2. The zero-order valence-electron chi connectivity index (χ0n) is 8.72. The summed E-state index contributed by atoms with van der Waals surface area (Å²) in [6, 6.07) is 0. The van der Waals surface area contributed by atoms with Crippen molar-refractivity contribution >= 4 is 5.78 Å². The fourth-order valence-corrected chi connectivity index (χ4v) is 3.20. The lowest BCUT2D eigenvalue weighted by molar-refractivity contribution is -0.127. The Morgan fingerprint density at radius 1 is 1.21 bits per heavy atom. The Balaban J connectivity index is 1.62. The van der Waals surface area contributed by atoms with Gasteiger partial charge in [-0.15, -0.1) is 0 Å². The third-order valence-electron chi connectivity index (χ3n) is 4.64. The Kier molecular flexibility index (Phi) is 1.94. The predicted octanol–water partition coefficient (Wildman–Crippen LogP) is 1.75. The van der Waals surface area contributed by atoms with Crippen molar-refractivity contribution < 1.29 is 4.79 Å². The number of piperidine rings is 1. The number of nitrogens with one attached hydrogen (secondary N) is 1. The van der Waals surface area contributed by atoms with Crippen LogP contribution in [0.3, 0.4) is 0 Å².